The Bertz CT molecular complexity index is 1370. The third-order valence-corrected chi connectivity index (χ3v) is 7.00. The summed E-state index contributed by atoms with van der Waals surface area (Å²) >= 11 is 1.49. The van der Waals surface area contributed by atoms with E-state index >= 15 is 0 Å². The van der Waals surface area contributed by atoms with Crippen LogP contribution in [0.1, 0.15) is 43.3 Å². The molecule has 2 heterocycles. The highest BCUT2D eigenvalue weighted by Crippen LogP contribution is 2.29. The van der Waals surface area contributed by atoms with Crippen LogP contribution in [0.3, 0.4) is 0 Å². The molecule has 0 bridgehead atoms. The van der Waals surface area contributed by atoms with Gasteiger partial charge >= 0.3 is 0 Å². The molecular formula is C27H25N5O2S. The maximum Gasteiger partial charge on any atom is 0.257 e. The standard InChI is InChI=1S/C27H25N5O2S/c28-22-9-10-23-24(14-22)35-27(31-23)32-26(34)19-6-1-4-17(12-19)15-30-25(33)20-7-2-5-18(13-20)21-8-3-11-29-16-21/h1-8,11-13,16,22H,9-10,14-15,28H2,(H,30,33)(H,31,32,34)/t22-/m0/s1. The summed E-state index contributed by atoms with van der Waals surface area (Å²) in [6.07, 6.45) is 6.07. The van der Waals surface area contributed by atoms with Crippen molar-refractivity contribution in [2.45, 2.75) is 31.8 Å². The van der Waals surface area contributed by atoms with E-state index in [1.807, 2.05) is 42.5 Å². The van der Waals surface area contributed by atoms with Crippen molar-refractivity contribution >= 4 is 28.3 Å². The van der Waals surface area contributed by atoms with Crippen LogP contribution in [-0.4, -0.2) is 27.8 Å². The summed E-state index contributed by atoms with van der Waals surface area (Å²) in [6, 6.07) is 18.6. The maximum absolute atomic E-state index is 12.8. The lowest BCUT2D eigenvalue weighted by Crippen LogP contribution is -2.27. The molecule has 35 heavy (non-hydrogen) atoms. The SMILES string of the molecule is N[C@H]1CCc2nc(NC(=O)c3cccc(CNC(=O)c4cccc(-c5cccnc5)c4)c3)sc2C1. The third-order valence-electron chi connectivity index (χ3n) is 5.96. The van der Waals surface area contributed by atoms with Crippen LogP contribution in [-0.2, 0) is 19.4 Å². The Balaban J connectivity index is 1.22. The van der Waals surface area contributed by atoms with Gasteiger partial charge in [-0.05, 0) is 60.7 Å². The first-order valence-electron chi connectivity index (χ1n) is 11.5. The highest BCUT2D eigenvalue weighted by molar-refractivity contribution is 7.15. The maximum atomic E-state index is 12.8. The first kappa shape index (κ1) is 22.9. The number of nitrogens with one attached hydrogen (secondary N) is 2. The van der Waals surface area contributed by atoms with Crippen LogP contribution < -0.4 is 16.4 Å². The topological polar surface area (TPSA) is 110 Å². The van der Waals surface area contributed by atoms with Crippen molar-refractivity contribution in [3.05, 3.63) is 100 Å². The van der Waals surface area contributed by atoms with E-state index in [0.29, 0.717) is 22.8 Å². The summed E-state index contributed by atoms with van der Waals surface area (Å²) in [5, 5.41) is 6.44. The fourth-order valence-corrected chi connectivity index (χ4v) is 5.20. The van der Waals surface area contributed by atoms with Gasteiger partial charge in [0.25, 0.3) is 11.8 Å². The number of carbonyl (C=O) groups is 2. The molecule has 4 aromatic rings. The van der Waals surface area contributed by atoms with E-state index in [4.69, 9.17) is 5.73 Å². The molecule has 7 nitrogen and oxygen atoms in total. The van der Waals surface area contributed by atoms with Gasteiger partial charge in [-0.2, -0.15) is 0 Å². The minimum absolute atomic E-state index is 0.163. The summed E-state index contributed by atoms with van der Waals surface area (Å²) in [4.78, 5) is 35.4. The van der Waals surface area contributed by atoms with Gasteiger partial charge < -0.3 is 11.1 Å². The van der Waals surface area contributed by atoms with Crippen molar-refractivity contribution in [1.82, 2.24) is 15.3 Å². The van der Waals surface area contributed by atoms with Crippen LogP contribution in [0.15, 0.2) is 73.1 Å². The van der Waals surface area contributed by atoms with E-state index in [-0.39, 0.29) is 17.9 Å². The van der Waals surface area contributed by atoms with E-state index in [0.717, 1.165) is 46.5 Å². The Hall–Kier alpha value is -3.88. The number of hydrogen-bond donors (Lipinski definition) is 3. The molecule has 0 aliphatic heterocycles. The highest BCUT2D eigenvalue weighted by atomic mass is 32.1. The molecule has 5 rings (SSSR count). The van der Waals surface area contributed by atoms with Crippen LogP contribution in [0.5, 0.6) is 0 Å². The highest BCUT2D eigenvalue weighted by Gasteiger charge is 2.21. The summed E-state index contributed by atoms with van der Waals surface area (Å²) < 4.78 is 0. The van der Waals surface area contributed by atoms with Gasteiger partial charge in [-0.15, -0.1) is 11.3 Å². The van der Waals surface area contributed by atoms with Gasteiger partial charge in [0.15, 0.2) is 5.13 Å². The number of anilines is 1. The number of thiazole rings is 1. The van der Waals surface area contributed by atoms with Crippen LogP contribution in [0.25, 0.3) is 11.1 Å². The number of benzene rings is 2. The zero-order chi connectivity index (χ0) is 24.2. The second kappa shape index (κ2) is 10.2. The van der Waals surface area contributed by atoms with E-state index in [1.54, 1.807) is 30.6 Å². The number of rotatable bonds is 6. The van der Waals surface area contributed by atoms with Gasteiger partial charge in [-0.25, -0.2) is 4.98 Å². The Morgan fingerprint density at radius 2 is 1.80 bits per heavy atom. The summed E-state index contributed by atoms with van der Waals surface area (Å²) in [5.41, 5.74) is 10.9. The summed E-state index contributed by atoms with van der Waals surface area (Å²) in [6.45, 7) is 0.306. The molecule has 1 atom stereocenters. The average molecular weight is 484 g/mol. The predicted octanol–water partition coefficient (Wildman–Crippen LogP) is 4.20. The Labute approximate surface area is 207 Å². The largest absolute Gasteiger partial charge is 0.348 e. The van der Waals surface area contributed by atoms with Gasteiger partial charge in [0.1, 0.15) is 0 Å². The lowest BCUT2D eigenvalue weighted by atomic mass is 9.99. The normalized spacial score (nSPS) is 14.7. The molecule has 0 spiro atoms. The van der Waals surface area contributed by atoms with Crippen molar-refractivity contribution in [2.24, 2.45) is 5.73 Å². The molecule has 4 N–H and O–H groups in total. The second-order valence-electron chi connectivity index (χ2n) is 8.55. The van der Waals surface area contributed by atoms with Crippen molar-refractivity contribution in [3.8, 4) is 11.1 Å². The zero-order valence-corrected chi connectivity index (χ0v) is 19.8. The zero-order valence-electron chi connectivity index (χ0n) is 19.0. The summed E-state index contributed by atoms with van der Waals surface area (Å²) in [7, 11) is 0. The first-order chi connectivity index (χ1) is 17.0. The molecule has 1 aliphatic carbocycles. The van der Waals surface area contributed by atoms with Crippen LogP contribution >= 0.6 is 11.3 Å². The van der Waals surface area contributed by atoms with E-state index in [9.17, 15) is 9.59 Å². The number of amides is 2. The smallest absolute Gasteiger partial charge is 0.257 e. The molecular weight excluding hydrogens is 458 g/mol. The molecule has 8 heteroatoms. The first-order valence-corrected chi connectivity index (χ1v) is 12.3. The van der Waals surface area contributed by atoms with Gasteiger partial charge in [-0.1, -0.05) is 30.3 Å². The second-order valence-corrected chi connectivity index (χ2v) is 9.64. The third kappa shape index (κ3) is 5.45. The van der Waals surface area contributed by atoms with Crippen LogP contribution in [0, 0.1) is 0 Å². The molecule has 0 radical (unpaired) electrons. The van der Waals surface area contributed by atoms with Crippen molar-refractivity contribution in [2.75, 3.05) is 5.32 Å². The molecule has 0 saturated heterocycles. The predicted molar refractivity (Wildman–Crippen MR) is 137 cm³/mol. The number of aromatic nitrogens is 2. The number of nitrogens with zero attached hydrogens (tertiary/aromatic N) is 2. The minimum atomic E-state index is -0.224. The van der Waals surface area contributed by atoms with Crippen LogP contribution in [0.2, 0.25) is 0 Å². The molecule has 1 aliphatic rings. The molecule has 2 aromatic carbocycles. The molecule has 0 unspecified atom stereocenters. The number of pyridine rings is 1. The number of fused-ring (bicyclic) bond motifs is 1. The molecule has 0 fully saturated rings. The van der Waals surface area contributed by atoms with E-state index < -0.39 is 0 Å². The Morgan fingerprint density at radius 1 is 1.00 bits per heavy atom. The average Bonchev–Trinajstić information content (AvgIpc) is 3.29. The van der Waals surface area contributed by atoms with Crippen LogP contribution in [0.4, 0.5) is 5.13 Å². The molecule has 0 saturated carbocycles. The van der Waals surface area contributed by atoms with E-state index in [2.05, 4.69) is 20.6 Å². The number of nitrogens with two attached hydrogens (primary N) is 1. The lowest BCUT2D eigenvalue weighted by Gasteiger charge is -2.15. The number of carbonyl (C=O) groups excluding carboxylic acids is 2. The Morgan fingerprint density at radius 3 is 2.63 bits per heavy atom. The molecule has 2 amide bonds. The van der Waals surface area contributed by atoms with Gasteiger partial charge in [-0.3, -0.25) is 19.9 Å². The molecule has 2 aromatic heterocycles. The fraction of sp³-hybridized carbons (Fsp3) is 0.185. The monoisotopic (exact) mass is 483 g/mol. The van der Waals surface area contributed by atoms with Gasteiger partial charge in [0.2, 0.25) is 0 Å². The van der Waals surface area contributed by atoms with Crippen molar-refractivity contribution < 1.29 is 9.59 Å². The quantitative estimate of drug-likeness (QED) is 0.381. The summed E-state index contributed by atoms with van der Waals surface area (Å²) in [5.74, 6) is -0.407. The van der Waals surface area contributed by atoms with Crippen molar-refractivity contribution in [3.63, 3.8) is 0 Å². The number of hydrogen-bond acceptors (Lipinski definition) is 6. The van der Waals surface area contributed by atoms with E-state index in [1.165, 1.54) is 11.3 Å². The minimum Gasteiger partial charge on any atom is -0.348 e. The Kier molecular flexibility index (Phi) is 6.65. The van der Waals surface area contributed by atoms with Gasteiger partial charge in [0, 0.05) is 46.5 Å². The van der Waals surface area contributed by atoms with Gasteiger partial charge in [0.05, 0.1) is 5.69 Å². The lowest BCUT2D eigenvalue weighted by molar-refractivity contribution is 0.0950. The van der Waals surface area contributed by atoms with Crippen molar-refractivity contribution in [1.29, 1.82) is 0 Å². The molecule has 176 valence electrons. The number of aryl methyl sites for hydroxylation is 1. The fourth-order valence-electron chi connectivity index (χ4n) is 4.10.